The summed E-state index contributed by atoms with van der Waals surface area (Å²) in [5.74, 6) is 1.06. The molecule has 0 aliphatic rings. The molecule has 20 heavy (non-hydrogen) atoms. The molecule has 5 heteroatoms. The number of methoxy groups -OCH3 is 1. The van der Waals surface area contributed by atoms with E-state index in [1.807, 2.05) is 18.2 Å². The lowest BCUT2D eigenvalue weighted by Crippen LogP contribution is -2.31. The summed E-state index contributed by atoms with van der Waals surface area (Å²) in [5, 5.41) is 12.0. The quantitative estimate of drug-likeness (QED) is 0.841. The largest absolute Gasteiger partial charge is 0.497 e. The molecule has 0 saturated heterocycles. The van der Waals surface area contributed by atoms with Gasteiger partial charge in [-0.15, -0.1) is 0 Å². The van der Waals surface area contributed by atoms with Crippen LogP contribution in [0.1, 0.15) is 17.4 Å². The van der Waals surface area contributed by atoms with Gasteiger partial charge in [-0.05, 0) is 29.8 Å². The van der Waals surface area contributed by atoms with E-state index in [0.717, 1.165) is 5.56 Å². The Labute approximate surface area is 117 Å². The molecular formula is C15H17NO4. The van der Waals surface area contributed by atoms with Gasteiger partial charge in [-0.25, -0.2) is 0 Å². The van der Waals surface area contributed by atoms with Crippen LogP contribution in [-0.2, 0) is 11.2 Å². The normalized spacial score (nSPS) is 11.9. The highest BCUT2D eigenvalue weighted by molar-refractivity contribution is 5.79. The molecule has 1 unspecified atom stereocenters. The van der Waals surface area contributed by atoms with E-state index < -0.39 is 6.04 Å². The number of ether oxygens (including phenoxy) is 1. The molecule has 0 bridgehead atoms. The van der Waals surface area contributed by atoms with Gasteiger partial charge in [-0.2, -0.15) is 0 Å². The van der Waals surface area contributed by atoms with Gasteiger partial charge < -0.3 is 19.6 Å². The summed E-state index contributed by atoms with van der Waals surface area (Å²) < 4.78 is 10.3. The topological polar surface area (TPSA) is 71.7 Å². The number of carbonyl (C=O) groups is 1. The first kappa shape index (κ1) is 14.1. The van der Waals surface area contributed by atoms with Crippen molar-refractivity contribution in [3.05, 3.63) is 54.0 Å². The number of hydrogen-bond donors (Lipinski definition) is 2. The second-order valence-corrected chi connectivity index (χ2v) is 4.35. The van der Waals surface area contributed by atoms with Crippen molar-refractivity contribution in [1.29, 1.82) is 0 Å². The summed E-state index contributed by atoms with van der Waals surface area (Å²) in [6.07, 6.45) is 1.72. The maximum atomic E-state index is 12.0. The molecule has 1 aromatic heterocycles. The Balaban J connectivity index is 1.97. The third kappa shape index (κ3) is 3.61. The Morgan fingerprint density at radius 3 is 2.90 bits per heavy atom. The summed E-state index contributed by atoms with van der Waals surface area (Å²) in [5.41, 5.74) is 0.845. The maximum absolute atomic E-state index is 12.0. The first-order chi connectivity index (χ1) is 9.72. The van der Waals surface area contributed by atoms with Crippen LogP contribution in [0.15, 0.2) is 47.1 Å². The minimum Gasteiger partial charge on any atom is -0.497 e. The second-order valence-electron chi connectivity index (χ2n) is 4.35. The smallest absolute Gasteiger partial charge is 0.225 e. The lowest BCUT2D eigenvalue weighted by molar-refractivity contribution is -0.121. The number of amides is 1. The van der Waals surface area contributed by atoms with Gasteiger partial charge in [0.1, 0.15) is 17.6 Å². The van der Waals surface area contributed by atoms with Crippen molar-refractivity contribution in [3.63, 3.8) is 0 Å². The zero-order chi connectivity index (χ0) is 14.4. The summed E-state index contributed by atoms with van der Waals surface area (Å²) >= 11 is 0. The Morgan fingerprint density at radius 1 is 1.40 bits per heavy atom. The number of furan rings is 1. The Bertz CT molecular complexity index is 551. The molecule has 1 amide bonds. The van der Waals surface area contributed by atoms with Crippen molar-refractivity contribution in [2.45, 2.75) is 12.5 Å². The SMILES string of the molecule is COc1cccc(CC(=O)NC(CO)c2ccco2)c1. The Kier molecular flexibility index (Phi) is 4.79. The van der Waals surface area contributed by atoms with Gasteiger partial charge in [0, 0.05) is 0 Å². The van der Waals surface area contributed by atoms with Crippen molar-refractivity contribution < 1.29 is 19.1 Å². The van der Waals surface area contributed by atoms with E-state index in [1.165, 1.54) is 6.26 Å². The number of hydrogen-bond acceptors (Lipinski definition) is 4. The first-order valence-electron chi connectivity index (χ1n) is 6.29. The van der Waals surface area contributed by atoms with Crippen molar-refractivity contribution in [3.8, 4) is 5.75 Å². The average molecular weight is 275 g/mol. The van der Waals surface area contributed by atoms with Crippen molar-refractivity contribution in [2.75, 3.05) is 13.7 Å². The highest BCUT2D eigenvalue weighted by Crippen LogP contribution is 2.15. The van der Waals surface area contributed by atoms with E-state index in [1.54, 1.807) is 25.3 Å². The summed E-state index contributed by atoms with van der Waals surface area (Å²) in [6, 6.07) is 10.2. The molecule has 5 nitrogen and oxygen atoms in total. The van der Waals surface area contributed by atoms with E-state index >= 15 is 0 Å². The molecule has 0 fully saturated rings. The van der Waals surface area contributed by atoms with Crippen LogP contribution in [0.4, 0.5) is 0 Å². The number of benzene rings is 1. The molecule has 0 aliphatic carbocycles. The van der Waals surface area contributed by atoms with Crippen molar-refractivity contribution >= 4 is 5.91 Å². The van der Waals surface area contributed by atoms with Crippen LogP contribution >= 0.6 is 0 Å². The average Bonchev–Trinajstić information content (AvgIpc) is 2.99. The van der Waals surface area contributed by atoms with Gasteiger partial charge in [0.15, 0.2) is 0 Å². The van der Waals surface area contributed by atoms with Gasteiger partial charge in [0.25, 0.3) is 0 Å². The van der Waals surface area contributed by atoms with E-state index in [9.17, 15) is 9.90 Å². The first-order valence-corrected chi connectivity index (χ1v) is 6.29. The summed E-state index contributed by atoms with van der Waals surface area (Å²) in [7, 11) is 1.58. The third-order valence-electron chi connectivity index (χ3n) is 2.90. The standard InChI is InChI=1S/C15H17NO4/c1-19-12-5-2-4-11(8-12)9-15(18)16-13(10-17)14-6-3-7-20-14/h2-8,13,17H,9-10H2,1H3,(H,16,18). The predicted molar refractivity (Wildman–Crippen MR) is 73.4 cm³/mol. The van der Waals surface area contributed by atoms with E-state index in [-0.39, 0.29) is 18.9 Å². The fourth-order valence-corrected chi connectivity index (χ4v) is 1.91. The highest BCUT2D eigenvalue weighted by Gasteiger charge is 2.16. The molecular weight excluding hydrogens is 258 g/mol. The Hall–Kier alpha value is -2.27. The van der Waals surface area contributed by atoms with Crippen molar-refractivity contribution in [1.82, 2.24) is 5.32 Å². The molecule has 0 radical (unpaired) electrons. The molecule has 0 spiro atoms. The van der Waals surface area contributed by atoms with Crippen LogP contribution < -0.4 is 10.1 Å². The van der Waals surface area contributed by atoms with Gasteiger partial charge in [-0.3, -0.25) is 4.79 Å². The highest BCUT2D eigenvalue weighted by atomic mass is 16.5. The maximum Gasteiger partial charge on any atom is 0.225 e. The molecule has 106 valence electrons. The van der Waals surface area contributed by atoms with Gasteiger partial charge in [0.05, 0.1) is 26.4 Å². The second kappa shape index (κ2) is 6.77. The zero-order valence-corrected chi connectivity index (χ0v) is 11.2. The van der Waals surface area contributed by atoms with Crippen LogP contribution in [0.2, 0.25) is 0 Å². The molecule has 1 heterocycles. The van der Waals surface area contributed by atoms with E-state index in [2.05, 4.69) is 5.32 Å². The number of rotatable bonds is 6. The number of aliphatic hydroxyl groups is 1. The fourth-order valence-electron chi connectivity index (χ4n) is 1.91. The number of carbonyl (C=O) groups excluding carboxylic acids is 1. The lowest BCUT2D eigenvalue weighted by Gasteiger charge is -2.14. The lowest BCUT2D eigenvalue weighted by atomic mass is 10.1. The van der Waals surface area contributed by atoms with E-state index in [0.29, 0.717) is 11.5 Å². The number of nitrogens with one attached hydrogen (secondary N) is 1. The predicted octanol–water partition coefficient (Wildman–Crippen LogP) is 1.68. The van der Waals surface area contributed by atoms with E-state index in [4.69, 9.17) is 9.15 Å². The molecule has 1 atom stereocenters. The molecule has 0 saturated carbocycles. The van der Waals surface area contributed by atoms with Crippen LogP contribution in [0, 0.1) is 0 Å². The molecule has 2 N–H and O–H groups in total. The number of aliphatic hydroxyl groups excluding tert-OH is 1. The van der Waals surface area contributed by atoms with Crippen LogP contribution in [0.25, 0.3) is 0 Å². The van der Waals surface area contributed by atoms with Gasteiger partial charge in [0.2, 0.25) is 5.91 Å². The van der Waals surface area contributed by atoms with Crippen LogP contribution in [-0.4, -0.2) is 24.7 Å². The zero-order valence-electron chi connectivity index (χ0n) is 11.2. The van der Waals surface area contributed by atoms with Crippen molar-refractivity contribution in [2.24, 2.45) is 0 Å². The summed E-state index contributed by atoms with van der Waals surface area (Å²) in [4.78, 5) is 12.0. The molecule has 0 aliphatic heterocycles. The van der Waals surface area contributed by atoms with Gasteiger partial charge >= 0.3 is 0 Å². The van der Waals surface area contributed by atoms with Gasteiger partial charge in [-0.1, -0.05) is 12.1 Å². The Morgan fingerprint density at radius 2 is 2.25 bits per heavy atom. The molecule has 1 aromatic carbocycles. The monoisotopic (exact) mass is 275 g/mol. The summed E-state index contributed by atoms with van der Waals surface area (Å²) in [6.45, 7) is -0.211. The third-order valence-corrected chi connectivity index (χ3v) is 2.90. The minimum atomic E-state index is -0.525. The van der Waals surface area contributed by atoms with Crippen LogP contribution in [0.3, 0.4) is 0 Å². The molecule has 2 aromatic rings. The molecule has 2 rings (SSSR count). The fraction of sp³-hybridized carbons (Fsp3) is 0.267. The minimum absolute atomic E-state index is 0.186. The van der Waals surface area contributed by atoms with Crippen LogP contribution in [0.5, 0.6) is 5.75 Å².